The Labute approximate surface area is 181 Å². The number of carbonyl (C=O) groups excluding carboxylic acids is 1. The fourth-order valence-corrected chi connectivity index (χ4v) is 3.76. The molecule has 4 rings (SSSR count). The van der Waals surface area contributed by atoms with Crippen molar-refractivity contribution in [3.05, 3.63) is 63.6 Å². The zero-order chi connectivity index (χ0) is 21.3. The first-order valence-electron chi connectivity index (χ1n) is 9.02. The van der Waals surface area contributed by atoms with Crippen molar-refractivity contribution < 1.29 is 24.3 Å². The topological polar surface area (TPSA) is 97.2 Å². The molecule has 0 radical (unpaired) electrons. The van der Waals surface area contributed by atoms with Gasteiger partial charge in [0.25, 0.3) is 5.91 Å². The zero-order valence-corrected chi connectivity index (χ0v) is 17.0. The van der Waals surface area contributed by atoms with Crippen LogP contribution in [0, 0.1) is 0 Å². The summed E-state index contributed by atoms with van der Waals surface area (Å²) < 4.78 is 5.73. The summed E-state index contributed by atoms with van der Waals surface area (Å²) in [7, 11) is 0. The predicted molar refractivity (Wildman–Crippen MR) is 113 cm³/mol. The van der Waals surface area contributed by atoms with Gasteiger partial charge < -0.3 is 20.0 Å². The Bertz CT molecular complexity index is 1100. The van der Waals surface area contributed by atoms with Gasteiger partial charge in [0, 0.05) is 22.6 Å². The van der Waals surface area contributed by atoms with Gasteiger partial charge in [-0.25, -0.2) is 0 Å². The molecule has 2 heterocycles. The monoisotopic (exact) mass is 446 g/mol. The van der Waals surface area contributed by atoms with Gasteiger partial charge in [0.05, 0.1) is 22.8 Å². The van der Waals surface area contributed by atoms with E-state index in [0.29, 0.717) is 16.4 Å². The number of halogens is 2. The first kappa shape index (κ1) is 20.3. The molecule has 0 bridgehead atoms. The Morgan fingerprint density at radius 3 is 2.77 bits per heavy atom. The molecule has 1 amide bonds. The van der Waals surface area contributed by atoms with Gasteiger partial charge in [-0.05, 0) is 30.3 Å². The molecular weight excluding hydrogens is 431 g/mol. The molecule has 1 unspecified atom stereocenters. The molecule has 0 fully saturated rings. The molecule has 0 spiro atoms. The number of ether oxygens (including phenoxy) is 1. The number of rotatable bonds is 5. The second kappa shape index (κ2) is 8.01. The molecule has 2 aliphatic rings. The molecule has 1 atom stereocenters. The van der Waals surface area contributed by atoms with Crippen LogP contribution in [-0.2, 0) is 14.4 Å². The van der Waals surface area contributed by atoms with Crippen LogP contribution in [0.2, 0.25) is 10.0 Å². The minimum Gasteiger partial charge on any atom is -0.488 e. The Kier molecular flexibility index (Phi) is 5.40. The largest absolute Gasteiger partial charge is 0.488 e. The Hall–Kier alpha value is -3.03. The number of amides is 1. The summed E-state index contributed by atoms with van der Waals surface area (Å²) in [6.07, 6.45) is 1.31. The maximum Gasteiger partial charge on any atom is 0.308 e. The third kappa shape index (κ3) is 3.99. The predicted octanol–water partition coefficient (Wildman–Crippen LogP) is 4.40. The molecule has 0 saturated heterocycles. The van der Waals surface area contributed by atoms with Gasteiger partial charge in [0.15, 0.2) is 0 Å². The zero-order valence-electron chi connectivity index (χ0n) is 15.5. The lowest BCUT2D eigenvalue weighted by atomic mass is 9.89. The number of hydrogen-bond acceptors (Lipinski definition) is 5. The van der Waals surface area contributed by atoms with Gasteiger partial charge in [0.1, 0.15) is 12.4 Å². The van der Waals surface area contributed by atoms with Crippen LogP contribution in [0.1, 0.15) is 18.4 Å². The molecule has 0 aliphatic carbocycles. The number of carbonyl (C=O) groups is 2. The van der Waals surface area contributed by atoms with Gasteiger partial charge in [0.2, 0.25) is 5.60 Å². The van der Waals surface area contributed by atoms with E-state index in [1.165, 1.54) is 12.1 Å². The molecule has 0 aromatic heterocycles. The average Bonchev–Trinajstić information content (AvgIpc) is 3.14. The molecule has 9 heteroatoms. The van der Waals surface area contributed by atoms with Crippen molar-refractivity contribution in [3.63, 3.8) is 0 Å². The normalized spacial score (nSPS) is 19.7. The van der Waals surface area contributed by atoms with Crippen molar-refractivity contribution in [2.45, 2.75) is 18.4 Å². The van der Waals surface area contributed by atoms with Gasteiger partial charge in [-0.2, -0.15) is 0 Å². The number of nitrogens with zero attached hydrogens (tertiary/aromatic N) is 1. The number of anilines is 1. The summed E-state index contributed by atoms with van der Waals surface area (Å²) in [5, 5.41) is 16.7. The number of carboxylic acids is 1. The summed E-state index contributed by atoms with van der Waals surface area (Å²) in [6.45, 7) is 0.243. The van der Waals surface area contributed by atoms with E-state index in [-0.39, 0.29) is 18.1 Å². The summed E-state index contributed by atoms with van der Waals surface area (Å²) in [4.78, 5) is 29.9. The second-order valence-electron chi connectivity index (χ2n) is 6.95. The van der Waals surface area contributed by atoms with E-state index < -0.39 is 23.9 Å². The molecule has 7 nitrogen and oxygen atoms in total. The van der Waals surface area contributed by atoms with Crippen LogP contribution >= 0.6 is 23.2 Å². The fraction of sp³-hybridized carbons (Fsp3) is 0.190. The van der Waals surface area contributed by atoms with Crippen LogP contribution in [0.4, 0.5) is 5.69 Å². The second-order valence-corrected chi connectivity index (χ2v) is 7.79. The third-order valence-electron chi connectivity index (χ3n) is 4.82. The van der Waals surface area contributed by atoms with E-state index in [4.69, 9.17) is 32.8 Å². The van der Waals surface area contributed by atoms with Crippen LogP contribution in [0.3, 0.4) is 0 Å². The first-order chi connectivity index (χ1) is 14.4. The van der Waals surface area contributed by atoms with Crippen molar-refractivity contribution >= 4 is 52.6 Å². The highest BCUT2D eigenvalue weighted by atomic mass is 35.5. The lowest BCUT2D eigenvalue weighted by molar-refractivity contribution is -0.152. The van der Waals surface area contributed by atoms with Crippen LogP contribution in [0.15, 0.2) is 53.2 Å². The van der Waals surface area contributed by atoms with Crippen molar-refractivity contribution in [1.82, 2.24) is 0 Å². The van der Waals surface area contributed by atoms with Crippen LogP contribution in [0.5, 0.6) is 5.75 Å². The van der Waals surface area contributed by atoms with E-state index in [1.54, 1.807) is 6.07 Å². The van der Waals surface area contributed by atoms with Crippen LogP contribution in [0.25, 0.3) is 6.08 Å². The van der Waals surface area contributed by atoms with Crippen LogP contribution < -0.4 is 10.1 Å². The molecule has 154 valence electrons. The molecule has 2 N–H and O–H groups in total. The number of nitrogens with one attached hydrogen (secondary N) is 1. The Morgan fingerprint density at radius 1 is 1.20 bits per heavy atom. The summed E-state index contributed by atoms with van der Waals surface area (Å²) >= 11 is 12.0. The lowest BCUT2D eigenvalue weighted by Gasteiger charge is -2.24. The van der Waals surface area contributed by atoms with Crippen molar-refractivity contribution in [1.29, 1.82) is 0 Å². The van der Waals surface area contributed by atoms with Gasteiger partial charge in [-0.1, -0.05) is 46.6 Å². The number of benzene rings is 2. The SMILES string of the molecule is O=C(O)CC1(C(=O)Nc2ccc(Cl)cc2Cl)CC(C2=Cc3ccccc3OC2)=NO1. The number of aliphatic carboxylic acids is 1. The maximum absolute atomic E-state index is 13.0. The van der Waals surface area contributed by atoms with E-state index >= 15 is 0 Å². The highest BCUT2D eigenvalue weighted by Crippen LogP contribution is 2.35. The number of carboxylic acid groups (broad SMARTS) is 1. The highest BCUT2D eigenvalue weighted by molar-refractivity contribution is 6.36. The smallest absolute Gasteiger partial charge is 0.308 e. The molecular formula is C21H16Cl2N2O5. The lowest BCUT2D eigenvalue weighted by Crippen LogP contribution is -2.45. The maximum atomic E-state index is 13.0. The van der Waals surface area contributed by atoms with Crippen LogP contribution in [-0.4, -0.2) is 34.9 Å². The van der Waals surface area contributed by atoms with Gasteiger partial charge in [-0.15, -0.1) is 0 Å². The van der Waals surface area contributed by atoms with Gasteiger partial charge in [-0.3, -0.25) is 9.59 Å². The number of fused-ring (bicyclic) bond motifs is 1. The third-order valence-corrected chi connectivity index (χ3v) is 5.36. The van der Waals surface area contributed by atoms with E-state index in [1.807, 2.05) is 30.3 Å². The van der Waals surface area contributed by atoms with Crippen molar-refractivity contribution in [2.75, 3.05) is 11.9 Å². The Morgan fingerprint density at radius 2 is 2.00 bits per heavy atom. The standard InChI is InChI=1S/C21H16Cl2N2O5/c22-14-5-6-16(15(23)8-14)24-20(28)21(10-19(26)27)9-17(25-30-21)13-7-12-3-1-2-4-18(12)29-11-13/h1-8H,9-11H2,(H,24,28)(H,26,27). The van der Waals surface area contributed by atoms with E-state index in [0.717, 1.165) is 16.9 Å². The van der Waals surface area contributed by atoms with Gasteiger partial charge >= 0.3 is 5.97 Å². The minimum absolute atomic E-state index is 0.0201. The average molecular weight is 447 g/mol. The molecule has 30 heavy (non-hydrogen) atoms. The fourth-order valence-electron chi connectivity index (χ4n) is 3.30. The van der Waals surface area contributed by atoms with E-state index in [2.05, 4.69) is 10.5 Å². The molecule has 0 saturated carbocycles. The summed E-state index contributed by atoms with van der Waals surface area (Å²) in [6, 6.07) is 12.1. The molecule has 2 aromatic carbocycles. The van der Waals surface area contributed by atoms with E-state index in [9.17, 15) is 14.7 Å². The first-order valence-corrected chi connectivity index (χ1v) is 9.78. The Balaban J connectivity index is 1.58. The number of para-hydroxylation sites is 1. The minimum atomic E-state index is -1.71. The number of oxime groups is 1. The highest BCUT2D eigenvalue weighted by Gasteiger charge is 2.49. The van der Waals surface area contributed by atoms with Crippen molar-refractivity contribution in [2.24, 2.45) is 5.16 Å². The molecule has 2 aliphatic heterocycles. The quantitative estimate of drug-likeness (QED) is 0.709. The summed E-state index contributed by atoms with van der Waals surface area (Å²) in [5.74, 6) is -1.11. The summed E-state index contributed by atoms with van der Waals surface area (Å²) in [5.41, 5.74) is 0.639. The molecule has 2 aromatic rings. The van der Waals surface area contributed by atoms with Crippen molar-refractivity contribution in [3.8, 4) is 5.75 Å². The number of hydrogen-bond donors (Lipinski definition) is 2.